The first-order valence-corrected chi connectivity index (χ1v) is 6.78. The fourth-order valence-electron chi connectivity index (χ4n) is 2.13. The average Bonchev–Trinajstić information content (AvgIpc) is 2.95. The molecule has 6 heteroatoms. The van der Waals surface area contributed by atoms with Gasteiger partial charge in [-0.05, 0) is 47.6 Å². The molecular weight excluding hydrogens is 310 g/mol. The van der Waals surface area contributed by atoms with Crippen LogP contribution in [0.5, 0.6) is 11.5 Å². The molecule has 0 atom stereocenters. The third-order valence-corrected chi connectivity index (χ3v) is 3.60. The number of nitrogens with one attached hydrogen (secondary N) is 2. The highest BCUT2D eigenvalue weighted by Gasteiger charge is 2.19. The molecule has 100 valence electrons. The summed E-state index contributed by atoms with van der Waals surface area (Å²) in [4.78, 5) is 7.80. The van der Waals surface area contributed by atoms with Gasteiger partial charge in [0.05, 0.1) is 6.54 Å². The van der Waals surface area contributed by atoms with Gasteiger partial charge in [-0.2, -0.15) is 0 Å². The van der Waals surface area contributed by atoms with Crippen LogP contribution in [0, 0.1) is 6.92 Å². The molecular formula is C13H14BrN3O2. The Morgan fingerprint density at radius 2 is 2.11 bits per heavy atom. The van der Waals surface area contributed by atoms with Crippen LogP contribution in [0.25, 0.3) is 11.3 Å². The third-order valence-electron chi connectivity index (χ3n) is 3.03. The van der Waals surface area contributed by atoms with Crippen LogP contribution in [0.1, 0.15) is 11.4 Å². The molecule has 0 bridgehead atoms. The first-order chi connectivity index (χ1) is 9.19. The van der Waals surface area contributed by atoms with Crippen LogP contribution in [0.3, 0.4) is 0 Å². The molecule has 0 spiro atoms. The second kappa shape index (κ2) is 4.86. The topological polar surface area (TPSA) is 59.2 Å². The van der Waals surface area contributed by atoms with Crippen molar-refractivity contribution in [3.8, 4) is 22.8 Å². The third kappa shape index (κ3) is 2.21. The summed E-state index contributed by atoms with van der Waals surface area (Å²) in [5.74, 6) is 2.45. The molecule has 3 rings (SSSR count). The van der Waals surface area contributed by atoms with Crippen molar-refractivity contribution >= 4 is 15.9 Å². The molecule has 0 fully saturated rings. The zero-order valence-electron chi connectivity index (χ0n) is 10.7. The standard InChI is InChI=1S/C13H14BrN3O2/c1-7-3-9-10(19-6-18-9)4-8(7)12-13(14)17-11(16-12)5-15-2/h3-4,15H,5-6H2,1-2H3,(H,16,17). The molecule has 0 unspecified atom stereocenters. The van der Waals surface area contributed by atoms with Gasteiger partial charge in [0.25, 0.3) is 0 Å². The van der Waals surface area contributed by atoms with E-state index in [0.29, 0.717) is 6.54 Å². The van der Waals surface area contributed by atoms with Crippen molar-refractivity contribution in [2.75, 3.05) is 13.8 Å². The minimum Gasteiger partial charge on any atom is -0.454 e. The van der Waals surface area contributed by atoms with Gasteiger partial charge in [0.15, 0.2) is 11.5 Å². The van der Waals surface area contributed by atoms with Crippen LogP contribution in [0.2, 0.25) is 0 Å². The molecule has 0 saturated carbocycles. The predicted octanol–water partition coefficient (Wildman–Crippen LogP) is 2.60. The largest absolute Gasteiger partial charge is 0.454 e. The van der Waals surface area contributed by atoms with E-state index in [2.05, 4.69) is 31.2 Å². The Morgan fingerprint density at radius 1 is 1.37 bits per heavy atom. The number of halogens is 1. The lowest BCUT2D eigenvalue weighted by Crippen LogP contribution is -2.06. The van der Waals surface area contributed by atoms with Crippen molar-refractivity contribution < 1.29 is 9.47 Å². The molecule has 5 nitrogen and oxygen atoms in total. The SMILES string of the molecule is CNCc1nc(-c2cc3c(cc2C)OCO3)c(Br)[nH]1. The average molecular weight is 324 g/mol. The highest BCUT2D eigenvalue weighted by atomic mass is 79.9. The van der Waals surface area contributed by atoms with E-state index in [-0.39, 0.29) is 6.79 Å². The monoisotopic (exact) mass is 323 g/mol. The number of hydrogen-bond acceptors (Lipinski definition) is 4. The van der Waals surface area contributed by atoms with Crippen LogP contribution in [0.15, 0.2) is 16.7 Å². The Balaban J connectivity index is 2.06. The number of H-pyrrole nitrogens is 1. The van der Waals surface area contributed by atoms with Gasteiger partial charge < -0.3 is 19.8 Å². The first kappa shape index (κ1) is 12.5. The summed E-state index contributed by atoms with van der Waals surface area (Å²) in [6.07, 6.45) is 0. The van der Waals surface area contributed by atoms with Gasteiger partial charge in [-0.3, -0.25) is 0 Å². The maximum absolute atomic E-state index is 5.42. The van der Waals surface area contributed by atoms with Crippen LogP contribution in [-0.4, -0.2) is 23.8 Å². The smallest absolute Gasteiger partial charge is 0.231 e. The number of rotatable bonds is 3. The van der Waals surface area contributed by atoms with Crippen molar-refractivity contribution in [3.63, 3.8) is 0 Å². The molecule has 1 aliphatic heterocycles. The molecule has 19 heavy (non-hydrogen) atoms. The summed E-state index contributed by atoms with van der Waals surface area (Å²) in [6.45, 7) is 3.02. The Kier molecular flexibility index (Phi) is 3.20. The fraction of sp³-hybridized carbons (Fsp3) is 0.308. The van der Waals surface area contributed by atoms with Crippen LogP contribution in [0.4, 0.5) is 0 Å². The van der Waals surface area contributed by atoms with E-state index in [9.17, 15) is 0 Å². The van der Waals surface area contributed by atoms with Gasteiger partial charge in [0, 0.05) is 5.56 Å². The number of nitrogens with zero attached hydrogens (tertiary/aromatic N) is 1. The molecule has 1 aromatic carbocycles. The molecule has 2 heterocycles. The summed E-state index contributed by atoms with van der Waals surface area (Å²) in [5.41, 5.74) is 3.03. The summed E-state index contributed by atoms with van der Waals surface area (Å²) in [7, 11) is 1.89. The minimum atomic E-state index is 0.283. The number of ether oxygens (including phenoxy) is 2. The van der Waals surface area contributed by atoms with E-state index >= 15 is 0 Å². The molecule has 0 amide bonds. The number of benzene rings is 1. The molecule has 0 saturated heterocycles. The number of aromatic nitrogens is 2. The Morgan fingerprint density at radius 3 is 2.84 bits per heavy atom. The van der Waals surface area contributed by atoms with E-state index in [1.165, 1.54) is 0 Å². The zero-order valence-corrected chi connectivity index (χ0v) is 12.3. The Hall–Kier alpha value is -1.53. The maximum atomic E-state index is 5.42. The quantitative estimate of drug-likeness (QED) is 0.911. The zero-order chi connectivity index (χ0) is 13.4. The van der Waals surface area contributed by atoms with Crippen molar-refractivity contribution in [1.82, 2.24) is 15.3 Å². The molecule has 2 N–H and O–H groups in total. The summed E-state index contributed by atoms with van der Waals surface area (Å²) < 4.78 is 11.7. The summed E-state index contributed by atoms with van der Waals surface area (Å²) >= 11 is 3.52. The fourth-order valence-corrected chi connectivity index (χ4v) is 2.66. The number of imidazole rings is 1. The Bertz CT molecular complexity index is 625. The van der Waals surface area contributed by atoms with Gasteiger partial charge >= 0.3 is 0 Å². The van der Waals surface area contributed by atoms with Crippen LogP contribution in [-0.2, 0) is 6.54 Å². The lowest BCUT2D eigenvalue weighted by atomic mass is 10.1. The predicted molar refractivity (Wildman–Crippen MR) is 75.3 cm³/mol. The first-order valence-electron chi connectivity index (χ1n) is 5.98. The number of aryl methyl sites for hydroxylation is 1. The van der Waals surface area contributed by atoms with Gasteiger partial charge in [-0.1, -0.05) is 0 Å². The molecule has 0 radical (unpaired) electrons. The lowest BCUT2D eigenvalue weighted by Gasteiger charge is -2.05. The van der Waals surface area contributed by atoms with Crippen molar-refractivity contribution in [2.45, 2.75) is 13.5 Å². The van der Waals surface area contributed by atoms with Gasteiger partial charge in [-0.25, -0.2) is 4.98 Å². The van der Waals surface area contributed by atoms with Gasteiger partial charge in [0.2, 0.25) is 6.79 Å². The minimum absolute atomic E-state index is 0.283. The van der Waals surface area contributed by atoms with E-state index in [1.54, 1.807) is 0 Å². The van der Waals surface area contributed by atoms with Crippen molar-refractivity contribution in [2.24, 2.45) is 0 Å². The van der Waals surface area contributed by atoms with Crippen molar-refractivity contribution in [3.05, 3.63) is 28.1 Å². The van der Waals surface area contributed by atoms with Crippen LogP contribution >= 0.6 is 15.9 Å². The van der Waals surface area contributed by atoms with E-state index < -0.39 is 0 Å². The molecule has 1 aliphatic rings. The summed E-state index contributed by atoms with van der Waals surface area (Å²) in [6, 6.07) is 3.96. The second-order valence-corrected chi connectivity index (χ2v) is 5.19. The normalized spacial score (nSPS) is 13.0. The second-order valence-electron chi connectivity index (χ2n) is 4.40. The number of fused-ring (bicyclic) bond motifs is 1. The molecule has 1 aromatic heterocycles. The maximum Gasteiger partial charge on any atom is 0.231 e. The lowest BCUT2D eigenvalue weighted by molar-refractivity contribution is 0.174. The van der Waals surface area contributed by atoms with Crippen LogP contribution < -0.4 is 14.8 Å². The summed E-state index contributed by atoms with van der Waals surface area (Å²) in [5, 5.41) is 3.07. The molecule has 2 aromatic rings. The van der Waals surface area contributed by atoms with Gasteiger partial charge in [0.1, 0.15) is 16.1 Å². The van der Waals surface area contributed by atoms with E-state index in [0.717, 1.165) is 38.7 Å². The molecule has 0 aliphatic carbocycles. The number of hydrogen-bond donors (Lipinski definition) is 2. The number of aromatic amines is 1. The highest BCUT2D eigenvalue weighted by molar-refractivity contribution is 9.10. The van der Waals surface area contributed by atoms with E-state index in [1.807, 2.05) is 26.1 Å². The van der Waals surface area contributed by atoms with Gasteiger partial charge in [-0.15, -0.1) is 0 Å². The van der Waals surface area contributed by atoms with Crippen molar-refractivity contribution in [1.29, 1.82) is 0 Å². The highest BCUT2D eigenvalue weighted by Crippen LogP contribution is 2.39. The Labute approximate surface area is 119 Å². The van der Waals surface area contributed by atoms with E-state index in [4.69, 9.17) is 9.47 Å².